The SMILES string of the molecule is CCC(C)CCCCCCCCCCC(=O)OC[C@H](COP(=O)(O)OCC(O)COP(=O)(O)OC[C@@H](COC(=O)CCCCCCCCCC(C)C)OC(=O)CCCCCCCCCCCCCCCC(C)C)OC(=O)CCCCCCCCC(C)C. The molecule has 0 aliphatic heterocycles. The minimum Gasteiger partial charge on any atom is -0.462 e. The number of hydrogen-bond donors (Lipinski definition) is 3. The zero-order valence-electron chi connectivity index (χ0n) is 56.6. The molecule has 0 bridgehead atoms. The Bertz CT molecular complexity index is 1730. The second-order valence-electron chi connectivity index (χ2n) is 26.2. The Balaban J connectivity index is 5.22. The molecule has 0 aromatic carbocycles. The third-order valence-corrected chi connectivity index (χ3v) is 17.8. The number of esters is 4. The van der Waals surface area contributed by atoms with Gasteiger partial charge in [0.1, 0.15) is 19.3 Å². The van der Waals surface area contributed by atoms with Gasteiger partial charge in [-0.15, -0.1) is 0 Å². The number of aliphatic hydroxyl groups excluding tert-OH is 1. The van der Waals surface area contributed by atoms with E-state index < -0.39 is 97.5 Å². The summed E-state index contributed by atoms with van der Waals surface area (Å²) in [5, 5.41) is 10.6. The monoisotopic (exact) mass is 1280 g/mol. The molecule has 0 fully saturated rings. The summed E-state index contributed by atoms with van der Waals surface area (Å²) in [6.45, 7) is 14.0. The fourth-order valence-electron chi connectivity index (χ4n) is 10.1. The van der Waals surface area contributed by atoms with Gasteiger partial charge >= 0.3 is 39.5 Å². The van der Waals surface area contributed by atoms with Crippen LogP contribution in [0.25, 0.3) is 0 Å². The third-order valence-electron chi connectivity index (χ3n) is 15.9. The summed E-state index contributed by atoms with van der Waals surface area (Å²) in [7, 11) is -9.90. The molecule has 19 heteroatoms. The van der Waals surface area contributed by atoms with Gasteiger partial charge in [-0.1, -0.05) is 280 Å². The van der Waals surface area contributed by atoms with Crippen molar-refractivity contribution in [1.82, 2.24) is 0 Å². The summed E-state index contributed by atoms with van der Waals surface area (Å²) < 4.78 is 68.1. The zero-order valence-corrected chi connectivity index (χ0v) is 58.4. The molecule has 0 aliphatic rings. The summed E-state index contributed by atoms with van der Waals surface area (Å²) in [4.78, 5) is 72.4. The van der Waals surface area contributed by atoms with E-state index in [1.54, 1.807) is 0 Å². The number of hydrogen-bond acceptors (Lipinski definition) is 15. The average molecular weight is 1280 g/mol. The number of phosphoric acid groups is 2. The van der Waals surface area contributed by atoms with Crippen molar-refractivity contribution in [3.8, 4) is 0 Å². The van der Waals surface area contributed by atoms with Crippen LogP contribution < -0.4 is 0 Å². The summed E-state index contributed by atoms with van der Waals surface area (Å²) >= 11 is 0. The molecule has 4 unspecified atom stereocenters. The number of carbonyl (C=O) groups excluding carboxylic acids is 4. The molecule has 0 aromatic heterocycles. The lowest BCUT2D eigenvalue weighted by Gasteiger charge is -2.21. The average Bonchev–Trinajstić information content (AvgIpc) is 3.50. The van der Waals surface area contributed by atoms with Gasteiger partial charge in [0.25, 0.3) is 0 Å². The van der Waals surface area contributed by atoms with Gasteiger partial charge in [-0.05, 0) is 49.4 Å². The minimum atomic E-state index is -4.95. The van der Waals surface area contributed by atoms with Crippen LogP contribution in [0.2, 0.25) is 0 Å². The molecule has 0 rings (SSSR count). The van der Waals surface area contributed by atoms with E-state index in [-0.39, 0.29) is 25.7 Å². The van der Waals surface area contributed by atoms with E-state index >= 15 is 0 Å². The smallest absolute Gasteiger partial charge is 0.462 e. The maximum Gasteiger partial charge on any atom is 0.472 e. The predicted molar refractivity (Wildman–Crippen MR) is 349 cm³/mol. The molecule has 87 heavy (non-hydrogen) atoms. The first kappa shape index (κ1) is 85.1. The van der Waals surface area contributed by atoms with E-state index in [1.807, 2.05) is 0 Å². The van der Waals surface area contributed by atoms with E-state index in [1.165, 1.54) is 128 Å². The summed E-state index contributed by atoms with van der Waals surface area (Å²) in [5.41, 5.74) is 0. The van der Waals surface area contributed by atoms with Gasteiger partial charge < -0.3 is 33.8 Å². The largest absolute Gasteiger partial charge is 0.472 e. The third kappa shape index (κ3) is 61.3. The number of rotatable bonds is 65. The molecule has 0 aliphatic carbocycles. The molecule has 17 nitrogen and oxygen atoms in total. The molecule has 0 heterocycles. The van der Waals surface area contributed by atoms with Gasteiger partial charge in [0.2, 0.25) is 0 Å². The van der Waals surface area contributed by atoms with Crippen molar-refractivity contribution in [3.05, 3.63) is 0 Å². The molecular formula is C68H132O17P2. The maximum atomic E-state index is 13.0. The lowest BCUT2D eigenvalue weighted by atomic mass is 9.99. The van der Waals surface area contributed by atoms with E-state index in [2.05, 4.69) is 55.4 Å². The Morgan fingerprint density at radius 3 is 0.816 bits per heavy atom. The second-order valence-corrected chi connectivity index (χ2v) is 29.1. The highest BCUT2D eigenvalue weighted by Crippen LogP contribution is 2.45. The fourth-order valence-corrected chi connectivity index (χ4v) is 11.7. The van der Waals surface area contributed by atoms with Gasteiger partial charge in [-0.3, -0.25) is 37.3 Å². The van der Waals surface area contributed by atoms with Gasteiger partial charge in [0, 0.05) is 25.7 Å². The maximum absolute atomic E-state index is 13.0. The first-order valence-corrected chi connectivity index (χ1v) is 38.2. The van der Waals surface area contributed by atoms with Crippen LogP contribution >= 0.6 is 15.6 Å². The topological polar surface area (TPSA) is 237 Å². The Kier molecular flexibility index (Phi) is 56.6. The molecule has 3 N–H and O–H groups in total. The predicted octanol–water partition coefficient (Wildman–Crippen LogP) is 18.9. The van der Waals surface area contributed by atoms with Gasteiger partial charge in [0.15, 0.2) is 12.2 Å². The number of phosphoric ester groups is 2. The highest BCUT2D eigenvalue weighted by molar-refractivity contribution is 7.47. The number of unbranched alkanes of at least 4 members (excludes halogenated alkanes) is 30. The summed E-state index contributed by atoms with van der Waals surface area (Å²) in [5.74, 6) is 0.801. The number of carbonyl (C=O) groups is 4. The van der Waals surface area contributed by atoms with Crippen LogP contribution in [0.15, 0.2) is 0 Å². The Labute approximate surface area is 530 Å². The molecule has 0 aromatic rings. The molecule has 516 valence electrons. The number of ether oxygens (including phenoxy) is 4. The van der Waals surface area contributed by atoms with Crippen LogP contribution in [0.5, 0.6) is 0 Å². The molecule has 0 saturated carbocycles. The van der Waals surface area contributed by atoms with E-state index in [9.17, 15) is 43.2 Å². The van der Waals surface area contributed by atoms with Crippen molar-refractivity contribution in [1.29, 1.82) is 0 Å². The minimum absolute atomic E-state index is 0.101. The standard InChI is InChI=1S/C68H132O17P2/c1-9-61(8)47-39-31-22-17-18-23-32-40-48-65(70)78-55-64(85-68(73)51-43-35-27-26-30-38-46-60(6)7)57-83-87(76,77)81-53-62(69)52-80-86(74,75)82-56-63(54-79-66(71)49-41-33-25-19-21-29-37-45-59(4)5)84-67(72)50-42-34-24-16-14-12-10-11-13-15-20-28-36-44-58(2)3/h58-64,69H,9-57H2,1-8H3,(H,74,75)(H,76,77)/t61?,62?,63-,64-/m1/s1. The normalized spacial score (nSPS) is 14.6. The van der Waals surface area contributed by atoms with E-state index in [4.69, 9.17) is 37.0 Å². The van der Waals surface area contributed by atoms with Crippen LogP contribution in [-0.2, 0) is 65.4 Å². The van der Waals surface area contributed by atoms with Crippen molar-refractivity contribution in [2.75, 3.05) is 39.6 Å². The quantitative estimate of drug-likeness (QED) is 0.0222. The molecule has 0 amide bonds. The van der Waals surface area contributed by atoms with Crippen LogP contribution in [-0.4, -0.2) is 96.7 Å². The van der Waals surface area contributed by atoms with Crippen LogP contribution in [0.3, 0.4) is 0 Å². The first-order valence-electron chi connectivity index (χ1n) is 35.2. The van der Waals surface area contributed by atoms with Crippen LogP contribution in [0.4, 0.5) is 0 Å². The Hall–Kier alpha value is -1.94. The zero-order chi connectivity index (χ0) is 64.7. The molecular weight excluding hydrogens is 1150 g/mol. The summed E-state index contributed by atoms with van der Waals surface area (Å²) in [6, 6.07) is 0. The Morgan fingerprint density at radius 1 is 0.322 bits per heavy atom. The van der Waals surface area contributed by atoms with E-state index in [0.29, 0.717) is 37.5 Å². The summed E-state index contributed by atoms with van der Waals surface area (Å²) in [6.07, 6.45) is 39.1. The number of aliphatic hydroxyl groups is 1. The Morgan fingerprint density at radius 2 is 0.552 bits per heavy atom. The highest BCUT2D eigenvalue weighted by atomic mass is 31.2. The molecule has 0 saturated heterocycles. The van der Waals surface area contributed by atoms with Crippen molar-refractivity contribution in [2.24, 2.45) is 23.7 Å². The second kappa shape index (κ2) is 57.9. The van der Waals surface area contributed by atoms with Gasteiger partial charge in [-0.25, -0.2) is 9.13 Å². The van der Waals surface area contributed by atoms with E-state index in [0.717, 1.165) is 108 Å². The molecule has 6 atom stereocenters. The van der Waals surface area contributed by atoms with Crippen molar-refractivity contribution >= 4 is 39.5 Å². The first-order chi connectivity index (χ1) is 41.6. The lowest BCUT2D eigenvalue weighted by Crippen LogP contribution is -2.30. The molecule has 0 radical (unpaired) electrons. The van der Waals surface area contributed by atoms with Gasteiger partial charge in [0.05, 0.1) is 26.4 Å². The van der Waals surface area contributed by atoms with Crippen molar-refractivity contribution in [2.45, 2.75) is 350 Å². The van der Waals surface area contributed by atoms with Gasteiger partial charge in [-0.2, -0.15) is 0 Å². The van der Waals surface area contributed by atoms with Crippen molar-refractivity contribution in [3.63, 3.8) is 0 Å². The highest BCUT2D eigenvalue weighted by Gasteiger charge is 2.30. The molecule has 0 spiro atoms. The fraction of sp³-hybridized carbons (Fsp3) is 0.941. The van der Waals surface area contributed by atoms with Crippen LogP contribution in [0.1, 0.15) is 331 Å². The van der Waals surface area contributed by atoms with Crippen molar-refractivity contribution < 1.29 is 80.2 Å². The lowest BCUT2D eigenvalue weighted by molar-refractivity contribution is -0.161. The van der Waals surface area contributed by atoms with Crippen LogP contribution in [0, 0.1) is 23.7 Å².